The van der Waals surface area contributed by atoms with Crippen LogP contribution in [0.3, 0.4) is 0 Å². The summed E-state index contributed by atoms with van der Waals surface area (Å²) >= 11 is 13.3. The van der Waals surface area contributed by atoms with E-state index in [1.54, 1.807) is 18.2 Å². The van der Waals surface area contributed by atoms with Gasteiger partial charge in [0.25, 0.3) is 5.91 Å². The van der Waals surface area contributed by atoms with Crippen molar-refractivity contribution >= 4 is 56.3 Å². The highest BCUT2D eigenvalue weighted by atomic mass is 35.5. The molecule has 2 heterocycles. The van der Waals surface area contributed by atoms with E-state index < -0.39 is 0 Å². The Morgan fingerprint density at radius 1 is 1.33 bits per heavy atom. The summed E-state index contributed by atoms with van der Waals surface area (Å²) in [6.45, 7) is 4.22. The second-order valence-electron chi connectivity index (χ2n) is 4.93. The largest absolute Gasteiger partial charge is 0.477 e. The molecule has 3 aromatic rings. The van der Waals surface area contributed by atoms with Crippen LogP contribution < -0.4 is 10.1 Å². The Bertz CT molecular complexity index is 927. The van der Waals surface area contributed by atoms with Crippen molar-refractivity contribution in [1.82, 2.24) is 9.97 Å². The van der Waals surface area contributed by atoms with E-state index in [1.165, 1.54) is 17.7 Å². The van der Waals surface area contributed by atoms with Gasteiger partial charge in [-0.05, 0) is 37.6 Å². The number of carbonyl (C=O) groups is 1. The molecule has 0 aliphatic heterocycles. The summed E-state index contributed by atoms with van der Waals surface area (Å²) < 4.78 is 5.53. The molecule has 2 aromatic heterocycles. The predicted octanol–water partition coefficient (Wildman–Crippen LogP) is 4.96. The van der Waals surface area contributed by atoms with Crippen molar-refractivity contribution in [2.75, 3.05) is 11.9 Å². The topological polar surface area (TPSA) is 64.1 Å². The number of hydrogen-bond acceptors (Lipinski definition) is 5. The molecule has 0 radical (unpaired) electrons. The minimum absolute atomic E-state index is 0.262. The molecule has 124 valence electrons. The van der Waals surface area contributed by atoms with Gasteiger partial charge in [0.2, 0.25) is 5.88 Å². The van der Waals surface area contributed by atoms with E-state index in [-0.39, 0.29) is 5.91 Å². The van der Waals surface area contributed by atoms with Gasteiger partial charge >= 0.3 is 0 Å². The quantitative estimate of drug-likeness (QED) is 0.693. The smallest absolute Gasteiger partial charge is 0.266 e. The number of nitrogens with one attached hydrogen (secondary N) is 1. The molecular weight excluding hydrogens is 369 g/mol. The van der Waals surface area contributed by atoms with E-state index in [9.17, 15) is 4.79 Å². The Hall–Kier alpha value is -1.89. The normalized spacial score (nSPS) is 10.8. The second kappa shape index (κ2) is 6.93. The number of ether oxygens (including phenoxy) is 1. The summed E-state index contributed by atoms with van der Waals surface area (Å²) in [7, 11) is 0. The van der Waals surface area contributed by atoms with Gasteiger partial charge in [-0.2, -0.15) is 0 Å². The number of amides is 1. The van der Waals surface area contributed by atoms with E-state index in [4.69, 9.17) is 27.9 Å². The lowest BCUT2D eigenvalue weighted by atomic mass is 10.2. The summed E-state index contributed by atoms with van der Waals surface area (Å²) in [5.41, 5.74) is 1.28. The molecule has 0 aliphatic rings. The number of aryl methyl sites for hydroxylation is 1. The minimum atomic E-state index is -0.262. The lowest BCUT2D eigenvalue weighted by Gasteiger charge is -2.07. The van der Waals surface area contributed by atoms with Crippen LogP contribution in [0.15, 0.2) is 24.5 Å². The van der Waals surface area contributed by atoms with E-state index in [0.29, 0.717) is 37.9 Å². The fraction of sp³-hybridized carbons (Fsp3) is 0.188. The van der Waals surface area contributed by atoms with Crippen molar-refractivity contribution in [3.05, 3.63) is 45.0 Å². The van der Waals surface area contributed by atoms with Gasteiger partial charge < -0.3 is 10.1 Å². The lowest BCUT2D eigenvalue weighted by Crippen LogP contribution is -2.11. The van der Waals surface area contributed by atoms with Crippen LogP contribution in [0.4, 0.5) is 5.69 Å². The number of thiophene rings is 1. The molecule has 0 saturated carbocycles. The Balaban J connectivity index is 1.98. The maximum absolute atomic E-state index is 12.6. The molecule has 0 fully saturated rings. The average Bonchev–Trinajstić information content (AvgIpc) is 2.88. The van der Waals surface area contributed by atoms with Gasteiger partial charge in [-0.25, -0.2) is 9.97 Å². The number of rotatable bonds is 4. The Morgan fingerprint density at radius 3 is 2.83 bits per heavy atom. The van der Waals surface area contributed by atoms with E-state index in [2.05, 4.69) is 15.3 Å². The molecule has 0 bridgehead atoms. The molecule has 0 unspecified atom stereocenters. The third-order valence-electron chi connectivity index (χ3n) is 3.36. The highest BCUT2D eigenvalue weighted by Crippen LogP contribution is 2.35. The zero-order chi connectivity index (χ0) is 17.3. The number of fused-ring (bicyclic) bond motifs is 1. The van der Waals surface area contributed by atoms with Crippen LogP contribution in [-0.4, -0.2) is 22.5 Å². The van der Waals surface area contributed by atoms with Gasteiger partial charge in [0.15, 0.2) is 0 Å². The average molecular weight is 382 g/mol. The first-order valence-electron chi connectivity index (χ1n) is 7.14. The maximum atomic E-state index is 12.6. The second-order valence-corrected chi connectivity index (χ2v) is 6.77. The van der Waals surface area contributed by atoms with Gasteiger partial charge in [-0.1, -0.05) is 23.2 Å². The lowest BCUT2D eigenvalue weighted by molar-refractivity contribution is 0.103. The molecule has 0 saturated heterocycles. The first-order chi connectivity index (χ1) is 11.5. The molecule has 1 N–H and O–H groups in total. The minimum Gasteiger partial charge on any atom is -0.477 e. The summed E-state index contributed by atoms with van der Waals surface area (Å²) in [4.78, 5) is 22.2. The van der Waals surface area contributed by atoms with Crippen molar-refractivity contribution in [3.8, 4) is 5.88 Å². The zero-order valence-corrected chi connectivity index (χ0v) is 15.2. The molecule has 5 nitrogen and oxygen atoms in total. The highest BCUT2D eigenvalue weighted by molar-refractivity contribution is 7.20. The van der Waals surface area contributed by atoms with E-state index >= 15 is 0 Å². The van der Waals surface area contributed by atoms with Gasteiger partial charge in [0.05, 0.1) is 27.6 Å². The molecule has 24 heavy (non-hydrogen) atoms. The number of hydrogen-bond donors (Lipinski definition) is 1. The van der Waals surface area contributed by atoms with Crippen molar-refractivity contribution in [3.63, 3.8) is 0 Å². The third kappa shape index (κ3) is 3.17. The fourth-order valence-electron chi connectivity index (χ4n) is 2.27. The van der Waals surface area contributed by atoms with Crippen LogP contribution in [0.5, 0.6) is 5.88 Å². The molecule has 0 aliphatic carbocycles. The number of anilines is 1. The van der Waals surface area contributed by atoms with Crippen LogP contribution in [0.25, 0.3) is 10.2 Å². The summed E-state index contributed by atoms with van der Waals surface area (Å²) in [5.74, 6) is 0.224. The SMILES string of the molecule is CCOc1ncnc2sc(C(=O)Nc3ccc(Cl)cc3Cl)c(C)c12. The standard InChI is InChI=1S/C16H13Cl2N3O2S/c1-3-23-15-12-8(2)13(24-16(12)20-7-19-15)14(22)21-11-5-4-9(17)6-10(11)18/h4-7H,3H2,1-2H3,(H,21,22). The highest BCUT2D eigenvalue weighted by Gasteiger charge is 2.20. The van der Waals surface area contributed by atoms with Crippen LogP contribution >= 0.6 is 34.5 Å². The predicted molar refractivity (Wildman–Crippen MR) is 97.7 cm³/mol. The van der Waals surface area contributed by atoms with Crippen LogP contribution in [0.2, 0.25) is 10.0 Å². The zero-order valence-electron chi connectivity index (χ0n) is 12.9. The monoisotopic (exact) mass is 381 g/mol. The first-order valence-corrected chi connectivity index (χ1v) is 8.71. The Labute approximate surface area is 152 Å². The van der Waals surface area contributed by atoms with Crippen molar-refractivity contribution < 1.29 is 9.53 Å². The van der Waals surface area contributed by atoms with Gasteiger partial charge in [0.1, 0.15) is 11.2 Å². The molecule has 0 atom stereocenters. The van der Waals surface area contributed by atoms with Crippen molar-refractivity contribution in [2.45, 2.75) is 13.8 Å². The summed E-state index contributed by atoms with van der Waals surface area (Å²) in [6, 6.07) is 4.91. The van der Waals surface area contributed by atoms with Crippen molar-refractivity contribution in [1.29, 1.82) is 0 Å². The first kappa shape index (κ1) is 17.0. The Kier molecular flexibility index (Phi) is 4.89. The molecule has 1 amide bonds. The fourth-order valence-corrected chi connectivity index (χ4v) is 3.76. The number of benzene rings is 1. The molecule has 3 rings (SSSR count). The maximum Gasteiger partial charge on any atom is 0.266 e. The Morgan fingerprint density at radius 2 is 2.12 bits per heavy atom. The molecule has 1 aromatic carbocycles. The van der Waals surface area contributed by atoms with E-state index in [1.807, 2.05) is 13.8 Å². The number of nitrogens with zero attached hydrogens (tertiary/aromatic N) is 2. The van der Waals surface area contributed by atoms with E-state index in [0.717, 1.165) is 10.9 Å². The third-order valence-corrected chi connectivity index (χ3v) is 5.11. The summed E-state index contributed by atoms with van der Waals surface area (Å²) in [6.07, 6.45) is 1.43. The van der Waals surface area contributed by atoms with Crippen LogP contribution in [0.1, 0.15) is 22.2 Å². The number of halogens is 2. The van der Waals surface area contributed by atoms with Crippen LogP contribution in [-0.2, 0) is 0 Å². The van der Waals surface area contributed by atoms with Crippen molar-refractivity contribution in [2.24, 2.45) is 0 Å². The molecule has 8 heteroatoms. The molecular formula is C16H13Cl2N3O2S. The number of aromatic nitrogens is 2. The number of carbonyl (C=O) groups excluding carboxylic acids is 1. The summed E-state index contributed by atoms with van der Waals surface area (Å²) in [5, 5.41) is 4.45. The van der Waals surface area contributed by atoms with Gasteiger partial charge in [-0.3, -0.25) is 4.79 Å². The van der Waals surface area contributed by atoms with Gasteiger partial charge in [0, 0.05) is 5.02 Å². The van der Waals surface area contributed by atoms with Crippen LogP contribution in [0, 0.1) is 6.92 Å². The van der Waals surface area contributed by atoms with Gasteiger partial charge in [-0.15, -0.1) is 11.3 Å². The molecule has 0 spiro atoms.